The highest BCUT2D eigenvalue weighted by Crippen LogP contribution is 2.47. The fraction of sp³-hybridized carbons (Fsp3) is 0.923. The van der Waals surface area contributed by atoms with E-state index in [2.05, 4.69) is 5.32 Å². The number of aliphatic hydroxyl groups is 1. The first kappa shape index (κ1) is 12.8. The summed E-state index contributed by atoms with van der Waals surface area (Å²) in [7, 11) is 0. The molecule has 2 rings (SSSR count). The van der Waals surface area contributed by atoms with E-state index in [9.17, 15) is 4.79 Å². The van der Waals surface area contributed by atoms with Crippen molar-refractivity contribution in [3.05, 3.63) is 0 Å². The van der Waals surface area contributed by atoms with E-state index >= 15 is 0 Å². The van der Waals surface area contributed by atoms with Crippen molar-refractivity contribution in [2.75, 3.05) is 19.8 Å². The fourth-order valence-electron chi connectivity index (χ4n) is 2.60. The molecule has 1 aliphatic heterocycles. The van der Waals surface area contributed by atoms with Gasteiger partial charge in [-0.25, -0.2) is 0 Å². The Morgan fingerprint density at radius 1 is 1.53 bits per heavy atom. The van der Waals surface area contributed by atoms with Crippen molar-refractivity contribution in [2.24, 2.45) is 11.3 Å². The number of aliphatic hydroxyl groups excluding tert-OH is 1. The summed E-state index contributed by atoms with van der Waals surface area (Å²) in [4.78, 5) is 12.0. The average molecular weight is 241 g/mol. The number of amides is 1. The summed E-state index contributed by atoms with van der Waals surface area (Å²) in [5.74, 6) is 0.134. The highest BCUT2D eigenvalue weighted by molar-refractivity contribution is 5.79. The Kier molecular flexibility index (Phi) is 4.05. The predicted molar refractivity (Wildman–Crippen MR) is 64.5 cm³/mol. The number of ether oxygens (including phenoxy) is 1. The Balaban J connectivity index is 1.77. The van der Waals surface area contributed by atoms with Gasteiger partial charge in [-0.1, -0.05) is 0 Å². The second kappa shape index (κ2) is 5.36. The largest absolute Gasteiger partial charge is 0.396 e. The van der Waals surface area contributed by atoms with Crippen molar-refractivity contribution in [1.82, 2.24) is 5.32 Å². The zero-order chi connectivity index (χ0) is 12.3. The standard InChI is InChI=1S/C13H23NO3/c1-10-11(3-2-8-17-10)12(16)14-9-13(4-5-13)6-7-15/h10-11,15H,2-9H2,1H3,(H,14,16). The number of rotatable bonds is 5. The minimum Gasteiger partial charge on any atom is -0.396 e. The normalized spacial score (nSPS) is 30.9. The van der Waals surface area contributed by atoms with Gasteiger partial charge in [0.15, 0.2) is 0 Å². The molecular weight excluding hydrogens is 218 g/mol. The van der Waals surface area contributed by atoms with Gasteiger partial charge in [-0.3, -0.25) is 4.79 Å². The van der Waals surface area contributed by atoms with Crippen LogP contribution >= 0.6 is 0 Å². The summed E-state index contributed by atoms with van der Waals surface area (Å²) in [6.45, 7) is 3.69. The van der Waals surface area contributed by atoms with Crippen molar-refractivity contribution in [2.45, 2.75) is 45.1 Å². The lowest BCUT2D eigenvalue weighted by Gasteiger charge is -2.28. The van der Waals surface area contributed by atoms with Crippen molar-refractivity contribution in [3.8, 4) is 0 Å². The Morgan fingerprint density at radius 3 is 2.88 bits per heavy atom. The molecule has 17 heavy (non-hydrogen) atoms. The van der Waals surface area contributed by atoms with Crippen LogP contribution in [0.25, 0.3) is 0 Å². The van der Waals surface area contributed by atoms with Crippen LogP contribution in [0.15, 0.2) is 0 Å². The predicted octanol–water partition coefficient (Wildman–Crippen LogP) is 1.08. The first-order chi connectivity index (χ1) is 8.17. The zero-order valence-corrected chi connectivity index (χ0v) is 10.6. The molecule has 2 atom stereocenters. The van der Waals surface area contributed by atoms with E-state index in [-0.39, 0.29) is 30.0 Å². The lowest BCUT2D eigenvalue weighted by molar-refractivity contribution is -0.133. The van der Waals surface area contributed by atoms with E-state index in [4.69, 9.17) is 9.84 Å². The molecule has 4 heteroatoms. The summed E-state index contributed by atoms with van der Waals surface area (Å²) in [6.07, 6.45) is 5.01. The molecule has 1 amide bonds. The molecule has 1 saturated heterocycles. The number of carbonyl (C=O) groups is 1. The monoisotopic (exact) mass is 241 g/mol. The topological polar surface area (TPSA) is 58.6 Å². The van der Waals surface area contributed by atoms with E-state index in [0.717, 1.165) is 45.3 Å². The summed E-state index contributed by atoms with van der Waals surface area (Å²) in [6, 6.07) is 0. The van der Waals surface area contributed by atoms with Crippen LogP contribution in [0.4, 0.5) is 0 Å². The highest BCUT2D eigenvalue weighted by Gasteiger charge is 2.42. The Bertz CT molecular complexity index is 276. The summed E-state index contributed by atoms with van der Waals surface area (Å²) in [5.41, 5.74) is 0.198. The molecule has 2 aliphatic rings. The Hall–Kier alpha value is -0.610. The van der Waals surface area contributed by atoms with Crippen LogP contribution in [0.3, 0.4) is 0 Å². The van der Waals surface area contributed by atoms with Gasteiger partial charge in [0, 0.05) is 19.8 Å². The molecule has 2 unspecified atom stereocenters. The number of carbonyl (C=O) groups excluding carboxylic acids is 1. The zero-order valence-electron chi connectivity index (χ0n) is 10.6. The summed E-state index contributed by atoms with van der Waals surface area (Å²) < 4.78 is 5.51. The average Bonchev–Trinajstić information content (AvgIpc) is 3.08. The molecule has 98 valence electrons. The van der Waals surface area contributed by atoms with E-state index in [0.29, 0.717) is 0 Å². The fourth-order valence-corrected chi connectivity index (χ4v) is 2.60. The van der Waals surface area contributed by atoms with E-state index in [1.165, 1.54) is 0 Å². The second-order valence-corrected chi connectivity index (χ2v) is 5.52. The molecule has 0 aromatic rings. The van der Waals surface area contributed by atoms with Crippen LogP contribution in [-0.2, 0) is 9.53 Å². The highest BCUT2D eigenvalue weighted by atomic mass is 16.5. The number of nitrogens with one attached hydrogen (secondary N) is 1. The minimum atomic E-state index is 0.00803. The van der Waals surface area contributed by atoms with Crippen LogP contribution < -0.4 is 5.32 Å². The van der Waals surface area contributed by atoms with Gasteiger partial charge in [-0.2, -0.15) is 0 Å². The summed E-state index contributed by atoms with van der Waals surface area (Å²) >= 11 is 0. The quantitative estimate of drug-likeness (QED) is 0.757. The smallest absolute Gasteiger partial charge is 0.225 e. The molecular formula is C13H23NO3. The van der Waals surface area contributed by atoms with E-state index in [1.54, 1.807) is 0 Å². The van der Waals surface area contributed by atoms with Crippen LogP contribution in [0.5, 0.6) is 0 Å². The van der Waals surface area contributed by atoms with Crippen LogP contribution in [-0.4, -0.2) is 36.9 Å². The van der Waals surface area contributed by atoms with Crippen molar-refractivity contribution >= 4 is 5.91 Å². The number of hydrogen-bond donors (Lipinski definition) is 2. The molecule has 2 N–H and O–H groups in total. The van der Waals surface area contributed by atoms with Gasteiger partial charge in [0.05, 0.1) is 12.0 Å². The third-order valence-electron chi connectivity index (χ3n) is 4.18. The van der Waals surface area contributed by atoms with Crippen LogP contribution in [0.2, 0.25) is 0 Å². The molecule has 1 heterocycles. The molecule has 1 saturated carbocycles. The Morgan fingerprint density at radius 2 is 2.29 bits per heavy atom. The molecule has 0 aromatic heterocycles. The lowest BCUT2D eigenvalue weighted by atomic mass is 9.94. The van der Waals surface area contributed by atoms with Crippen LogP contribution in [0.1, 0.15) is 39.0 Å². The van der Waals surface area contributed by atoms with E-state index in [1.807, 2.05) is 6.92 Å². The van der Waals surface area contributed by atoms with Gasteiger partial charge in [0.2, 0.25) is 5.91 Å². The second-order valence-electron chi connectivity index (χ2n) is 5.52. The molecule has 0 aromatic carbocycles. The number of hydrogen-bond acceptors (Lipinski definition) is 3. The lowest BCUT2D eigenvalue weighted by Crippen LogP contribution is -2.42. The van der Waals surface area contributed by atoms with Crippen molar-refractivity contribution in [3.63, 3.8) is 0 Å². The molecule has 0 radical (unpaired) electrons. The van der Waals surface area contributed by atoms with Gasteiger partial charge < -0.3 is 15.2 Å². The van der Waals surface area contributed by atoms with Gasteiger partial charge in [-0.05, 0) is 44.4 Å². The van der Waals surface area contributed by atoms with Gasteiger partial charge in [0.25, 0.3) is 0 Å². The van der Waals surface area contributed by atoms with Crippen LogP contribution in [0, 0.1) is 11.3 Å². The molecule has 4 nitrogen and oxygen atoms in total. The molecule has 1 aliphatic carbocycles. The van der Waals surface area contributed by atoms with Gasteiger partial charge in [0.1, 0.15) is 0 Å². The Labute approximate surface area is 103 Å². The first-order valence-corrected chi connectivity index (χ1v) is 6.67. The third-order valence-corrected chi connectivity index (χ3v) is 4.18. The van der Waals surface area contributed by atoms with E-state index < -0.39 is 0 Å². The maximum atomic E-state index is 12.0. The van der Waals surface area contributed by atoms with Gasteiger partial charge >= 0.3 is 0 Å². The summed E-state index contributed by atoms with van der Waals surface area (Å²) in [5, 5.41) is 12.0. The maximum Gasteiger partial charge on any atom is 0.225 e. The van der Waals surface area contributed by atoms with Crippen molar-refractivity contribution < 1.29 is 14.6 Å². The molecule has 0 spiro atoms. The maximum absolute atomic E-state index is 12.0. The van der Waals surface area contributed by atoms with Crippen molar-refractivity contribution in [1.29, 1.82) is 0 Å². The minimum absolute atomic E-state index is 0.00803. The molecule has 2 fully saturated rings. The molecule has 0 bridgehead atoms. The van der Waals surface area contributed by atoms with Gasteiger partial charge in [-0.15, -0.1) is 0 Å². The SMILES string of the molecule is CC1OCCCC1C(=O)NCC1(CCO)CC1. The first-order valence-electron chi connectivity index (χ1n) is 6.67. The third kappa shape index (κ3) is 3.19.